The Morgan fingerprint density at radius 2 is 0.400 bits per heavy atom. The Bertz CT molecular complexity index is 84.2. The molecule has 0 amide bonds. The number of rotatable bonds is 0. The van der Waals surface area contributed by atoms with E-state index in [1.807, 2.05) is 0 Å². The van der Waals surface area contributed by atoms with Crippen LogP contribution in [0.4, 0.5) is 0 Å². The van der Waals surface area contributed by atoms with Gasteiger partial charge >= 0.3 is 167 Å². The zero-order chi connectivity index (χ0) is 6.41. The Balaban J connectivity index is -0.00000000643. The van der Waals surface area contributed by atoms with Crippen molar-refractivity contribution in [1.29, 1.82) is 0 Å². The Labute approximate surface area is 193 Å². The molecule has 0 atom stereocenters. The fourth-order valence-electron chi connectivity index (χ4n) is 0. The second-order valence-corrected chi connectivity index (χ2v) is 250. The Morgan fingerprint density at radius 3 is 0.400 bits per heavy atom. The van der Waals surface area contributed by atoms with Crippen LogP contribution in [-0.2, 0) is -8.53 Å². The van der Waals surface area contributed by atoms with Gasteiger partial charge in [-0.3, -0.25) is 0 Å². The zero-order valence-electron chi connectivity index (χ0n) is 7.58. The zero-order valence-corrected chi connectivity index (χ0v) is 26.8. The van der Waals surface area contributed by atoms with Crippen molar-refractivity contribution in [3.63, 3.8) is 0 Å². The van der Waals surface area contributed by atoms with Crippen LogP contribution in [0.2, 0.25) is 0 Å². The van der Waals surface area contributed by atoms with E-state index in [0.717, 1.165) is 0 Å². The van der Waals surface area contributed by atoms with Crippen LogP contribution in [0.5, 0.6) is 0 Å². The Hall–Kier alpha value is 6.83. The fraction of sp³-hybridized carbons (Fsp3) is 0. The van der Waals surface area contributed by atoms with E-state index in [-0.39, 0.29) is 92.0 Å². The van der Waals surface area contributed by atoms with E-state index in [1.54, 1.807) is 0 Å². The summed E-state index contributed by atoms with van der Waals surface area (Å²) < 4.78 is -2.30. The van der Waals surface area contributed by atoms with Gasteiger partial charge in [-0.05, 0) is 0 Å². The molecule has 0 bridgehead atoms. The van der Waals surface area contributed by atoms with Gasteiger partial charge in [0.05, 0.1) is 0 Å². The SMILES string of the molecule is O.O.O.O.O.O.[I][Pt-2]([I])([I])([I])([I])[I].[Na+].[Na+]. The van der Waals surface area contributed by atoms with E-state index in [0.29, 0.717) is 0 Å². The molecule has 0 saturated carbocycles. The Kier molecular flexibility index (Phi) is 65.9. The summed E-state index contributed by atoms with van der Waals surface area (Å²) in [5.74, 6) is 0. The number of halogens is 6. The van der Waals surface area contributed by atoms with Crippen molar-refractivity contribution < 1.29 is 83.4 Å². The van der Waals surface area contributed by atoms with E-state index in [9.17, 15) is 0 Å². The van der Waals surface area contributed by atoms with Gasteiger partial charge in [0.15, 0.2) is 0 Å². The van der Waals surface area contributed by atoms with Gasteiger partial charge in [-0.15, -0.1) is 0 Å². The minimum Gasteiger partial charge on any atom is 1.00 e. The first kappa shape index (κ1) is 57.5. The largest absolute Gasteiger partial charge is 1.00 e. The molecule has 15 heteroatoms. The molecule has 0 aromatic heterocycles. The maximum Gasteiger partial charge on any atom is 1.00 e. The molecular formula is H12I6Na2O6Pt. The first-order chi connectivity index (χ1) is 2.45. The maximum absolute atomic E-state index is 2.56. The molecule has 0 aromatic rings. The summed E-state index contributed by atoms with van der Waals surface area (Å²) in [6, 6.07) is 0. The second-order valence-electron chi connectivity index (χ2n) is 0.678. The summed E-state index contributed by atoms with van der Waals surface area (Å²) >= 11 is 15.4. The second kappa shape index (κ2) is 17.2. The molecule has 0 unspecified atom stereocenters. The molecule has 0 saturated heterocycles. The van der Waals surface area contributed by atoms with Crippen molar-refractivity contribution in [2.24, 2.45) is 0 Å². The van der Waals surface area contributed by atoms with Crippen LogP contribution in [0, 0.1) is 0 Å². The van der Waals surface area contributed by atoms with Crippen molar-refractivity contribution >= 4 is 116 Å². The molecule has 12 N–H and O–H groups in total. The normalized spacial score (nSPS) is 10.8. The topological polar surface area (TPSA) is 189 Å². The van der Waals surface area contributed by atoms with Crippen LogP contribution in [0.3, 0.4) is 0 Å². The van der Waals surface area contributed by atoms with Crippen LogP contribution in [0.25, 0.3) is 0 Å². The summed E-state index contributed by atoms with van der Waals surface area (Å²) in [5.41, 5.74) is 0. The van der Waals surface area contributed by atoms with Gasteiger partial charge in [-0.2, -0.15) is 0 Å². The average molecular weight is 1110 g/mol. The third kappa shape index (κ3) is 158. The molecule has 0 radical (unpaired) electrons. The van der Waals surface area contributed by atoms with Crippen LogP contribution < -0.4 is 59.1 Å². The maximum atomic E-state index is 2.56. The molecule has 102 valence electrons. The fourth-order valence-corrected chi connectivity index (χ4v) is 0. The van der Waals surface area contributed by atoms with Gasteiger partial charge in [-0.1, -0.05) is 0 Å². The average Bonchev–Trinajstić information content (AvgIpc) is 0.592. The third-order valence-corrected chi connectivity index (χ3v) is 0. The molecule has 0 aliphatic heterocycles. The van der Waals surface area contributed by atoms with Gasteiger partial charge in [0.1, 0.15) is 0 Å². The molecule has 0 heterocycles. The standard InChI is InChI=1S/6HI.2Na.6H2O.Pt/h6*1H;;;6*1H2;/q;;;;;;2*+1;;;;;;;+4/p-6. The van der Waals surface area contributed by atoms with Crippen LogP contribution in [-0.4, -0.2) is 32.9 Å². The first-order valence-electron chi connectivity index (χ1n) is 0.717. The van der Waals surface area contributed by atoms with Gasteiger partial charge in [0.25, 0.3) is 0 Å². The van der Waals surface area contributed by atoms with E-state index in [2.05, 4.69) is 116 Å². The number of hydrogen-bond acceptors (Lipinski definition) is 0. The number of hydrogen-bond donors (Lipinski definition) is 0. The predicted molar refractivity (Wildman–Crippen MR) is 106 cm³/mol. The van der Waals surface area contributed by atoms with Crippen molar-refractivity contribution in [1.82, 2.24) is 0 Å². The molecule has 0 fully saturated rings. The van der Waals surface area contributed by atoms with Gasteiger partial charge in [0, 0.05) is 0 Å². The molecule has 0 aromatic carbocycles. The summed E-state index contributed by atoms with van der Waals surface area (Å²) in [6.07, 6.45) is 0. The van der Waals surface area contributed by atoms with E-state index >= 15 is 0 Å². The first-order valence-corrected chi connectivity index (χ1v) is 39.4. The molecule has 0 rings (SSSR count). The molecule has 0 aliphatic carbocycles. The van der Waals surface area contributed by atoms with E-state index in [1.165, 1.54) is 0 Å². The van der Waals surface area contributed by atoms with Crippen molar-refractivity contribution in [3.05, 3.63) is 0 Å². The summed E-state index contributed by atoms with van der Waals surface area (Å²) in [6.45, 7) is 0. The quantitative estimate of drug-likeness (QED) is 0.166. The minimum absolute atomic E-state index is 0. The molecular weight excluding hydrogens is 1100 g/mol. The van der Waals surface area contributed by atoms with E-state index in [4.69, 9.17) is 0 Å². The van der Waals surface area contributed by atoms with Crippen LogP contribution in [0.1, 0.15) is 0 Å². The minimum atomic E-state index is -2.30. The van der Waals surface area contributed by atoms with Crippen molar-refractivity contribution in [2.75, 3.05) is 0 Å². The molecule has 6 nitrogen and oxygen atoms in total. The van der Waals surface area contributed by atoms with E-state index < -0.39 is -8.53 Å². The summed E-state index contributed by atoms with van der Waals surface area (Å²) in [7, 11) is 0. The van der Waals surface area contributed by atoms with Crippen molar-refractivity contribution in [3.8, 4) is 0 Å². The molecule has 0 aliphatic rings. The summed E-state index contributed by atoms with van der Waals surface area (Å²) in [5, 5.41) is 0. The van der Waals surface area contributed by atoms with Gasteiger partial charge < -0.3 is 32.9 Å². The predicted octanol–water partition coefficient (Wildman–Crippen LogP) is -5.63. The van der Waals surface area contributed by atoms with Crippen molar-refractivity contribution in [2.45, 2.75) is 0 Å². The molecule has 0 spiro atoms. The van der Waals surface area contributed by atoms with Gasteiger partial charge in [-0.25, -0.2) is 0 Å². The monoisotopic (exact) mass is 1110 g/mol. The summed E-state index contributed by atoms with van der Waals surface area (Å²) in [4.78, 5) is 0. The van der Waals surface area contributed by atoms with Gasteiger partial charge in [0.2, 0.25) is 0 Å². The smallest absolute Gasteiger partial charge is 1.00 e. The third-order valence-electron chi connectivity index (χ3n) is 0. The molecule has 15 heavy (non-hydrogen) atoms. The Morgan fingerprint density at radius 1 is 0.400 bits per heavy atom. The van der Waals surface area contributed by atoms with Crippen LogP contribution in [0.15, 0.2) is 0 Å². The van der Waals surface area contributed by atoms with Crippen LogP contribution >= 0.6 is 116 Å².